The fourth-order valence-electron chi connectivity index (χ4n) is 2.16. The lowest BCUT2D eigenvalue weighted by Gasteiger charge is -2.26. The molecule has 0 aromatic heterocycles. The van der Waals surface area contributed by atoms with E-state index in [0.717, 1.165) is 12.8 Å². The molecule has 4 nitrogen and oxygen atoms in total. The van der Waals surface area contributed by atoms with Gasteiger partial charge in [0.15, 0.2) is 0 Å². The van der Waals surface area contributed by atoms with E-state index in [1.807, 2.05) is 0 Å². The predicted octanol–water partition coefficient (Wildman–Crippen LogP) is 1.61. The van der Waals surface area contributed by atoms with Crippen LogP contribution in [0.25, 0.3) is 0 Å². The van der Waals surface area contributed by atoms with Crippen molar-refractivity contribution in [2.75, 3.05) is 13.7 Å². The highest BCUT2D eigenvalue weighted by Gasteiger charge is 2.24. The number of nitrogens with zero attached hydrogens (tertiary/aromatic N) is 1. The first-order valence-corrected chi connectivity index (χ1v) is 5.96. The van der Waals surface area contributed by atoms with E-state index in [2.05, 4.69) is 11.4 Å². The zero-order chi connectivity index (χ0) is 11.8. The highest BCUT2D eigenvalue weighted by molar-refractivity contribution is 5.76. The zero-order valence-electron chi connectivity index (χ0n) is 9.87. The quantitative estimate of drug-likeness (QED) is 0.771. The van der Waals surface area contributed by atoms with Gasteiger partial charge in [0.2, 0.25) is 5.91 Å². The van der Waals surface area contributed by atoms with Gasteiger partial charge in [0.05, 0.1) is 12.7 Å². The topological polar surface area (TPSA) is 62.1 Å². The Morgan fingerprint density at radius 1 is 1.50 bits per heavy atom. The van der Waals surface area contributed by atoms with E-state index in [0.29, 0.717) is 18.9 Å². The van der Waals surface area contributed by atoms with Crippen molar-refractivity contribution in [2.24, 2.45) is 5.92 Å². The average molecular weight is 224 g/mol. The van der Waals surface area contributed by atoms with Crippen molar-refractivity contribution in [1.82, 2.24) is 5.32 Å². The lowest BCUT2D eigenvalue weighted by atomic mass is 9.84. The van der Waals surface area contributed by atoms with Gasteiger partial charge in [-0.15, -0.1) is 0 Å². The Morgan fingerprint density at radius 2 is 2.19 bits per heavy atom. The molecule has 90 valence electrons. The molecule has 0 bridgehead atoms. The Morgan fingerprint density at radius 3 is 2.75 bits per heavy atom. The summed E-state index contributed by atoms with van der Waals surface area (Å²) in [5, 5.41) is 11.8. The number of carbonyl (C=O) groups excluding carboxylic acids is 1. The van der Waals surface area contributed by atoms with Gasteiger partial charge in [0.1, 0.15) is 6.04 Å². The predicted molar refractivity (Wildman–Crippen MR) is 60.6 cm³/mol. The molecule has 1 unspecified atom stereocenters. The number of methoxy groups -OCH3 is 1. The molecule has 1 rings (SSSR count). The normalized spacial score (nSPS) is 18.8. The summed E-state index contributed by atoms with van der Waals surface area (Å²) in [6.07, 6.45) is 6.06. The lowest BCUT2D eigenvalue weighted by molar-refractivity contribution is -0.122. The van der Waals surface area contributed by atoms with Crippen LogP contribution in [-0.2, 0) is 9.53 Å². The Hall–Kier alpha value is -1.08. The summed E-state index contributed by atoms with van der Waals surface area (Å²) in [5.41, 5.74) is 0. The van der Waals surface area contributed by atoms with Crippen LogP contribution in [-0.4, -0.2) is 25.7 Å². The van der Waals surface area contributed by atoms with Gasteiger partial charge in [-0.3, -0.25) is 4.79 Å². The second-order valence-corrected chi connectivity index (χ2v) is 4.32. The van der Waals surface area contributed by atoms with E-state index in [-0.39, 0.29) is 11.9 Å². The second kappa shape index (κ2) is 7.24. The van der Waals surface area contributed by atoms with Crippen LogP contribution >= 0.6 is 0 Å². The maximum atomic E-state index is 11.5. The van der Waals surface area contributed by atoms with Crippen molar-refractivity contribution in [1.29, 1.82) is 5.26 Å². The SMILES string of the molecule is COCCC(=O)NC(C#N)C1CCCCC1. The van der Waals surface area contributed by atoms with Crippen molar-refractivity contribution >= 4 is 5.91 Å². The third-order valence-electron chi connectivity index (χ3n) is 3.11. The number of rotatable bonds is 5. The Kier molecular flexibility index (Phi) is 5.87. The van der Waals surface area contributed by atoms with Gasteiger partial charge >= 0.3 is 0 Å². The van der Waals surface area contributed by atoms with Gasteiger partial charge in [-0.25, -0.2) is 0 Å². The van der Waals surface area contributed by atoms with Crippen molar-refractivity contribution in [3.8, 4) is 6.07 Å². The fraction of sp³-hybridized carbons (Fsp3) is 0.833. The molecule has 1 aliphatic carbocycles. The first-order valence-electron chi connectivity index (χ1n) is 5.96. The first kappa shape index (κ1) is 13.0. The van der Waals surface area contributed by atoms with E-state index < -0.39 is 0 Å². The maximum Gasteiger partial charge on any atom is 0.223 e. The third-order valence-corrected chi connectivity index (χ3v) is 3.11. The van der Waals surface area contributed by atoms with Crippen molar-refractivity contribution in [3.05, 3.63) is 0 Å². The van der Waals surface area contributed by atoms with E-state index in [4.69, 9.17) is 10.00 Å². The third kappa shape index (κ3) is 4.19. The molecular formula is C12H20N2O2. The van der Waals surface area contributed by atoms with Gasteiger partial charge in [-0.1, -0.05) is 19.3 Å². The number of amides is 1. The summed E-state index contributed by atoms with van der Waals surface area (Å²) in [6, 6.07) is 1.89. The molecule has 1 saturated carbocycles. The van der Waals surface area contributed by atoms with Crippen molar-refractivity contribution in [3.63, 3.8) is 0 Å². The number of nitrogens with one attached hydrogen (secondary N) is 1. The van der Waals surface area contributed by atoms with Gasteiger partial charge in [0.25, 0.3) is 0 Å². The Balaban J connectivity index is 2.36. The van der Waals surface area contributed by atoms with Crippen LogP contribution in [0, 0.1) is 17.2 Å². The standard InChI is InChI=1S/C12H20N2O2/c1-16-8-7-12(15)14-11(9-13)10-5-3-2-4-6-10/h10-11H,2-8H2,1H3,(H,14,15). The number of ether oxygens (including phenoxy) is 1. The Bertz CT molecular complexity index is 254. The molecule has 1 fully saturated rings. The molecule has 0 aromatic rings. The van der Waals surface area contributed by atoms with Crippen LogP contribution in [0.1, 0.15) is 38.5 Å². The smallest absolute Gasteiger partial charge is 0.223 e. The largest absolute Gasteiger partial charge is 0.384 e. The number of nitriles is 1. The highest BCUT2D eigenvalue weighted by Crippen LogP contribution is 2.26. The summed E-state index contributed by atoms with van der Waals surface area (Å²) in [5.74, 6) is 0.254. The van der Waals surface area contributed by atoms with Crippen LogP contribution in [0.15, 0.2) is 0 Å². The molecule has 1 atom stereocenters. The summed E-state index contributed by atoms with van der Waals surface area (Å²) < 4.78 is 4.83. The molecule has 1 aliphatic rings. The van der Waals surface area contributed by atoms with Crippen LogP contribution in [0.2, 0.25) is 0 Å². The molecule has 0 saturated heterocycles. The lowest BCUT2D eigenvalue weighted by Crippen LogP contribution is -2.40. The molecule has 1 amide bonds. The van der Waals surface area contributed by atoms with Crippen LogP contribution in [0.5, 0.6) is 0 Å². The molecular weight excluding hydrogens is 204 g/mol. The molecule has 0 aromatic carbocycles. The summed E-state index contributed by atoms with van der Waals surface area (Å²) in [6.45, 7) is 0.411. The monoisotopic (exact) mass is 224 g/mol. The number of carbonyl (C=O) groups is 1. The number of hydrogen-bond acceptors (Lipinski definition) is 3. The molecule has 0 radical (unpaired) electrons. The van der Waals surface area contributed by atoms with E-state index >= 15 is 0 Å². The van der Waals surface area contributed by atoms with E-state index in [1.165, 1.54) is 19.3 Å². The maximum absolute atomic E-state index is 11.5. The molecule has 0 heterocycles. The molecule has 16 heavy (non-hydrogen) atoms. The molecule has 0 aliphatic heterocycles. The molecule has 0 spiro atoms. The van der Waals surface area contributed by atoms with E-state index in [9.17, 15) is 4.79 Å². The van der Waals surface area contributed by atoms with Crippen molar-refractivity contribution < 1.29 is 9.53 Å². The minimum Gasteiger partial charge on any atom is -0.384 e. The minimum absolute atomic E-state index is 0.0843. The summed E-state index contributed by atoms with van der Waals surface area (Å²) in [7, 11) is 1.57. The van der Waals surface area contributed by atoms with Gasteiger partial charge < -0.3 is 10.1 Å². The highest BCUT2D eigenvalue weighted by atomic mass is 16.5. The van der Waals surface area contributed by atoms with Gasteiger partial charge in [0, 0.05) is 13.5 Å². The van der Waals surface area contributed by atoms with Crippen LogP contribution < -0.4 is 5.32 Å². The number of hydrogen-bond donors (Lipinski definition) is 1. The fourth-order valence-corrected chi connectivity index (χ4v) is 2.16. The second-order valence-electron chi connectivity index (χ2n) is 4.32. The van der Waals surface area contributed by atoms with E-state index in [1.54, 1.807) is 7.11 Å². The van der Waals surface area contributed by atoms with Gasteiger partial charge in [-0.05, 0) is 18.8 Å². The average Bonchev–Trinajstić information content (AvgIpc) is 2.34. The first-order chi connectivity index (χ1) is 7.77. The van der Waals surface area contributed by atoms with Crippen LogP contribution in [0.4, 0.5) is 0 Å². The summed E-state index contributed by atoms with van der Waals surface area (Å²) in [4.78, 5) is 11.5. The zero-order valence-corrected chi connectivity index (χ0v) is 9.87. The van der Waals surface area contributed by atoms with Crippen molar-refractivity contribution in [2.45, 2.75) is 44.6 Å². The molecule has 1 N–H and O–H groups in total. The van der Waals surface area contributed by atoms with Gasteiger partial charge in [-0.2, -0.15) is 5.26 Å². The summed E-state index contributed by atoms with van der Waals surface area (Å²) >= 11 is 0. The van der Waals surface area contributed by atoms with Crippen LogP contribution in [0.3, 0.4) is 0 Å². The molecule has 4 heteroatoms. The Labute approximate surface area is 97.0 Å². The minimum atomic E-state index is -0.315.